The Morgan fingerprint density at radius 1 is 1.06 bits per heavy atom. The maximum absolute atomic E-state index is 13.3. The molecule has 182 valence electrons. The van der Waals surface area contributed by atoms with E-state index < -0.39 is 11.7 Å². The Balaban J connectivity index is 1.44. The largest absolute Gasteiger partial charge is 0.483 e. The molecule has 2 heterocycles. The minimum Gasteiger partial charge on any atom is -0.483 e. The molecule has 35 heavy (non-hydrogen) atoms. The summed E-state index contributed by atoms with van der Waals surface area (Å²) in [6.07, 6.45) is 0. The van der Waals surface area contributed by atoms with Crippen LogP contribution in [0.25, 0.3) is 0 Å². The molecule has 0 aliphatic rings. The van der Waals surface area contributed by atoms with Gasteiger partial charge in [-0.05, 0) is 55.8 Å². The molecule has 1 N–H and O–H groups in total. The molecule has 2 aromatic carbocycles. The molecule has 0 atom stereocenters. The number of amides is 1. The zero-order valence-electron chi connectivity index (χ0n) is 18.5. The van der Waals surface area contributed by atoms with Crippen molar-refractivity contribution < 1.29 is 18.3 Å². The molecule has 0 aliphatic heterocycles. The van der Waals surface area contributed by atoms with Gasteiger partial charge in [0.1, 0.15) is 18.2 Å². The second kappa shape index (κ2) is 10.5. The van der Waals surface area contributed by atoms with Crippen molar-refractivity contribution in [1.82, 2.24) is 9.78 Å². The minimum atomic E-state index is -0.454. The van der Waals surface area contributed by atoms with Crippen LogP contribution in [0.4, 0.5) is 10.1 Å². The van der Waals surface area contributed by atoms with Crippen LogP contribution < -0.4 is 10.1 Å². The predicted molar refractivity (Wildman–Crippen MR) is 135 cm³/mol. The highest BCUT2D eigenvalue weighted by Crippen LogP contribution is 2.36. The van der Waals surface area contributed by atoms with Gasteiger partial charge >= 0.3 is 0 Å². The van der Waals surface area contributed by atoms with Crippen LogP contribution in [0.2, 0.25) is 20.1 Å². The van der Waals surface area contributed by atoms with Gasteiger partial charge in [-0.3, -0.25) is 9.48 Å². The van der Waals surface area contributed by atoms with Gasteiger partial charge in [-0.2, -0.15) is 5.10 Å². The number of aryl methyl sites for hydroxylation is 1. The van der Waals surface area contributed by atoms with E-state index in [1.807, 2.05) is 6.92 Å². The van der Waals surface area contributed by atoms with Crippen LogP contribution in [-0.4, -0.2) is 15.7 Å². The SMILES string of the molecule is Cc1nn(Cc2ccc(F)cc2Cl)c(C)c1NC(=O)c1ccc(COc2c(Cl)cc(Cl)cc2Cl)o1. The Bertz CT molecular complexity index is 1390. The number of halogens is 5. The summed E-state index contributed by atoms with van der Waals surface area (Å²) in [5, 5.41) is 8.51. The highest BCUT2D eigenvalue weighted by molar-refractivity contribution is 6.40. The molecule has 4 aromatic rings. The topological polar surface area (TPSA) is 69.3 Å². The van der Waals surface area contributed by atoms with Gasteiger partial charge in [0.2, 0.25) is 0 Å². The fourth-order valence-corrected chi connectivity index (χ4v) is 4.56. The Kier molecular flexibility index (Phi) is 7.62. The van der Waals surface area contributed by atoms with Crippen molar-refractivity contribution in [2.45, 2.75) is 27.0 Å². The summed E-state index contributed by atoms with van der Waals surface area (Å²) in [7, 11) is 0. The molecule has 0 saturated heterocycles. The molecule has 0 fully saturated rings. The Hall–Kier alpha value is -2.71. The number of benzene rings is 2. The van der Waals surface area contributed by atoms with Crippen molar-refractivity contribution in [1.29, 1.82) is 0 Å². The highest BCUT2D eigenvalue weighted by atomic mass is 35.5. The van der Waals surface area contributed by atoms with E-state index in [0.29, 0.717) is 45.0 Å². The van der Waals surface area contributed by atoms with Crippen molar-refractivity contribution in [2.24, 2.45) is 0 Å². The fourth-order valence-electron chi connectivity index (χ4n) is 3.41. The molecule has 11 heteroatoms. The zero-order chi connectivity index (χ0) is 25.3. The van der Waals surface area contributed by atoms with Crippen LogP contribution in [0.1, 0.15) is 33.3 Å². The van der Waals surface area contributed by atoms with Crippen molar-refractivity contribution in [3.05, 3.63) is 96.8 Å². The number of carbonyl (C=O) groups is 1. The summed E-state index contributed by atoms with van der Waals surface area (Å²) >= 11 is 24.3. The van der Waals surface area contributed by atoms with E-state index >= 15 is 0 Å². The summed E-state index contributed by atoms with van der Waals surface area (Å²) in [6, 6.07) is 10.4. The smallest absolute Gasteiger partial charge is 0.291 e. The van der Waals surface area contributed by atoms with Gasteiger partial charge in [0.15, 0.2) is 11.5 Å². The van der Waals surface area contributed by atoms with E-state index in [-0.39, 0.29) is 28.2 Å². The number of furan rings is 1. The summed E-state index contributed by atoms with van der Waals surface area (Å²) in [5.74, 6) is -0.121. The molecule has 6 nitrogen and oxygen atoms in total. The molecular weight excluding hydrogens is 539 g/mol. The normalized spacial score (nSPS) is 11.1. The minimum absolute atomic E-state index is 0.00275. The lowest BCUT2D eigenvalue weighted by molar-refractivity contribution is 0.0992. The van der Waals surface area contributed by atoms with Crippen LogP contribution >= 0.6 is 46.4 Å². The maximum atomic E-state index is 13.3. The van der Waals surface area contributed by atoms with E-state index in [1.165, 1.54) is 30.3 Å². The average molecular weight is 557 g/mol. The Morgan fingerprint density at radius 2 is 1.77 bits per heavy atom. The monoisotopic (exact) mass is 555 g/mol. The van der Waals surface area contributed by atoms with Gasteiger partial charge in [0.25, 0.3) is 5.91 Å². The summed E-state index contributed by atoms with van der Waals surface area (Å²) in [6.45, 7) is 3.91. The Morgan fingerprint density at radius 3 is 2.46 bits per heavy atom. The van der Waals surface area contributed by atoms with Gasteiger partial charge in [-0.1, -0.05) is 52.5 Å². The van der Waals surface area contributed by atoms with Gasteiger partial charge in [0.05, 0.1) is 33.7 Å². The van der Waals surface area contributed by atoms with Gasteiger partial charge in [0, 0.05) is 10.0 Å². The number of nitrogens with one attached hydrogen (secondary N) is 1. The highest BCUT2D eigenvalue weighted by Gasteiger charge is 2.19. The number of aromatic nitrogens is 2. The quantitative estimate of drug-likeness (QED) is 0.253. The lowest BCUT2D eigenvalue weighted by atomic mass is 10.2. The summed E-state index contributed by atoms with van der Waals surface area (Å²) < 4.78 is 26.3. The van der Waals surface area contributed by atoms with Crippen molar-refractivity contribution in [2.75, 3.05) is 5.32 Å². The van der Waals surface area contributed by atoms with Crippen molar-refractivity contribution in [3.63, 3.8) is 0 Å². The third kappa shape index (κ3) is 5.76. The van der Waals surface area contributed by atoms with Gasteiger partial charge in [-0.25, -0.2) is 4.39 Å². The van der Waals surface area contributed by atoms with Crippen molar-refractivity contribution in [3.8, 4) is 5.75 Å². The molecule has 0 bridgehead atoms. The van der Waals surface area contributed by atoms with Crippen LogP contribution in [0, 0.1) is 19.7 Å². The summed E-state index contributed by atoms with van der Waals surface area (Å²) in [4.78, 5) is 12.8. The van der Waals surface area contributed by atoms with Crippen LogP contribution in [0.3, 0.4) is 0 Å². The van der Waals surface area contributed by atoms with Crippen LogP contribution in [0.15, 0.2) is 46.9 Å². The number of hydrogen-bond acceptors (Lipinski definition) is 4. The maximum Gasteiger partial charge on any atom is 0.291 e. The number of carbonyl (C=O) groups excluding carboxylic acids is 1. The van der Waals surface area contributed by atoms with E-state index in [1.54, 1.807) is 23.7 Å². The third-order valence-electron chi connectivity index (χ3n) is 5.16. The van der Waals surface area contributed by atoms with Gasteiger partial charge < -0.3 is 14.5 Å². The summed E-state index contributed by atoms with van der Waals surface area (Å²) in [5.41, 5.74) is 2.56. The van der Waals surface area contributed by atoms with Crippen molar-refractivity contribution >= 4 is 58.0 Å². The van der Waals surface area contributed by atoms with Gasteiger partial charge in [-0.15, -0.1) is 0 Å². The third-order valence-corrected chi connectivity index (χ3v) is 6.29. The molecule has 0 aliphatic carbocycles. The standard InChI is InChI=1S/C24H18Cl4FN3O3/c1-12-22(13(2)32(31-12)10-14-3-4-16(29)9-18(14)26)30-24(33)21-6-5-17(35-21)11-34-23-19(27)7-15(25)8-20(23)28/h3-9H,10-11H2,1-2H3,(H,30,33). The molecule has 2 aromatic heterocycles. The molecule has 0 saturated carbocycles. The molecular formula is C24H18Cl4FN3O3. The molecule has 0 unspecified atom stereocenters. The first kappa shape index (κ1) is 25.4. The van der Waals surface area contributed by atoms with E-state index in [4.69, 9.17) is 55.6 Å². The number of anilines is 1. The molecule has 1 amide bonds. The molecule has 0 spiro atoms. The number of hydrogen-bond donors (Lipinski definition) is 1. The number of nitrogens with zero attached hydrogens (tertiary/aromatic N) is 2. The first-order valence-electron chi connectivity index (χ1n) is 10.3. The lowest BCUT2D eigenvalue weighted by Crippen LogP contribution is -2.12. The van der Waals surface area contributed by atoms with E-state index in [2.05, 4.69) is 10.4 Å². The lowest BCUT2D eigenvalue weighted by Gasteiger charge is -2.09. The predicted octanol–water partition coefficient (Wildman–Crippen LogP) is 7.73. The Labute approximate surface area is 220 Å². The molecule has 4 rings (SSSR count). The van der Waals surface area contributed by atoms with E-state index in [0.717, 1.165) is 0 Å². The second-order valence-electron chi connectivity index (χ2n) is 7.65. The van der Waals surface area contributed by atoms with Crippen LogP contribution in [-0.2, 0) is 13.2 Å². The second-order valence-corrected chi connectivity index (χ2v) is 9.30. The number of rotatable bonds is 7. The fraction of sp³-hybridized carbons (Fsp3) is 0.167. The van der Waals surface area contributed by atoms with Crippen LogP contribution in [0.5, 0.6) is 5.75 Å². The average Bonchev–Trinajstić information content (AvgIpc) is 3.35. The first-order chi connectivity index (χ1) is 16.6. The molecule has 0 radical (unpaired) electrons. The number of ether oxygens (including phenoxy) is 1. The zero-order valence-corrected chi connectivity index (χ0v) is 21.5. The first-order valence-corrected chi connectivity index (χ1v) is 11.8. The van der Waals surface area contributed by atoms with E-state index in [9.17, 15) is 9.18 Å².